The van der Waals surface area contributed by atoms with Crippen molar-refractivity contribution in [3.8, 4) is 34.4 Å². The topological polar surface area (TPSA) is 84.8 Å². The Morgan fingerprint density at radius 3 is 1.67 bits per heavy atom. The van der Waals surface area contributed by atoms with Gasteiger partial charge in [-0.1, -0.05) is 48.5 Å². The minimum absolute atomic E-state index is 0.615. The van der Waals surface area contributed by atoms with E-state index in [4.69, 9.17) is 4.42 Å². The van der Waals surface area contributed by atoms with Gasteiger partial charge in [-0.05, 0) is 109 Å². The number of anilines is 4. The number of hydrogen-bond acceptors (Lipinski definition) is 5. The fourth-order valence-electron chi connectivity index (χ4n) is 5.87. The van der Waals surface area contributed by atoms with E-state index >= 15 is 0 Å². The zero-order valence-corrected chi connectivity index (χ0v) is 24.8. The third-order valence-electron chi connectivity index (χ3n) is 8.20. The number of nitrogens with one attached hydrogen (secondary N) is 2. The third kappa shape index (κ3) is 5.25. The largest absolute Gasteiger partial charge is 0.456 e. The molecule has 5 nitrogen and oxygen atoms in total. The van der Waals surface area contributed by atoms with Crippen LogP contribution >= 0.6 is 0 Å². The van der Waals surface area contributed by atoms with Crippen molar-refractivity contribution in [2.45, 2.75) is 13.8 Å². The van der Waals surface area contributed by atoms with Gasteiger partial charge in [0.1, 0.15) is 11.2 Å². The summed E-state index contributed by atoms with van der Waals surface area (Å²) in [6.07, 6.45) is 0. The first-order valence-corrected chi connectivity index (χ1v) is 14.7. The monoisotopic (exact) mass is 580 g/mol. The summed E-state index contributed by atoms with van der Waals surface area (Å²) >= 11 is 0. The smallest absolute Gasteiger partial charge is 0.135 e. The Morgan fingerprint density at radius 1 is 0.489 bits per heavy atom. The molecular formula is C40H28N4O. The Morgan fingerprint density at radius 2 is 1.02 bits per heavy atom. The number of rotatable bonds is 6. The predicted molar refractivity (Wildman–Crippen MR) is 183 cm³/mol. The molecule has 45 heavy (non-hydrogen) atoms. The number of para-hydroxylation sites is 1. The molecule has 0 radical (unpaired) electrons. The van der Waals surface area contributed by atoms with Crippen molar-refractivity contribution in [2.75, 3.05) is 10.6 Å². The first-order valence-electron chi connectivity index (χ1n) is 14.7. The average molecular weight is 581 g/mol. The highest BCUT2D eigenvalue weighted by Gasteiger charge is 2.14. The standard InChI is InChI=1S/C40H28N4O/c1-25-7-3-4-8-31(25)34-20-28(24-42)13-16-38(34)44-30-15-18-40-36(22-30)35-21-29(14-17-39(35)45-40)43-37-10-6-5-9-32(37)33-19-27(23-41)12-11-26(33)2/h3-22,43-44H,1-2H3. The Labute approximate surface area is 261 Å². The van der Waals surface area contributed by atoms with Crippen molar-refractivity contribution in [3.63, 3.8) is 0 Å². The van der Waals surface area contributed by atoms with Crippen LogP contribution in [0.4, 0.5) is 22.7 Å². The van der Waals surface area contributed by atoms with Crippen LogP contribution in [0.2, 0.25) is 0 Å². The van der Waals surface area contributed by atoms with Crippen LogP contribution in [0.1, 0.15) is 22.3 Å². The minimum atomic E-state index is 0.615. The van der Waals surface area contributed by atoms with Crippen molar-refractivity contribution in [1.82, 2.24) is 0 Å². The Bertz CT molecular complexity index is 2330. The van der Waals surface area contributed by atoms with Crippen molar-refractivity contribution >= 4 is 44.7 Å². The zero-order chi connectivity index (χ0) is 30.9. The van der Waals surface area contributed by atoms with Crippen LogP contribution in [-0.4, -0.2) is 0 Å². The number of hydrogen-bond donors (Lipinski definition) is 2. The molecule has 0 aliphatic heterocycles. The highest BCUT2D eigenvalue weighted by atomic mass is 16.3. The molecule has 1 heterocycles. The van der Waals surface area contributed by atoms with Gasteiger partial charge in [0.25, 0.3) is 0 Å². The number of aryl methyl sites for hydroxylation is 2. The van der Waals surface area contributed by atoms with E-state index in [2.05, 4.69) is 73.0 Å². The quantitative estimate of drug-likeness (QED) is 0.204. The van der Waals surface area contributed by atoms with Crippen LogP contribution in [0.5, 0.6) is 0 Å². The number of nitriles is 2. The highest BCUT2D eigenvalue weighted by molar-refractivity contribution is 6.07. The van der Waals surface area contributed by atoms with E-state index < -0.39 is 0 Å². The summed E-state index contributed by atoms with van der Waals surface area (Å²) in [5, 5.41) is 28.3. The molecule has 0 bridgehead atoms. The highest BCUT2D eigenvalue weighted by Crippen LogP contribution is 2.38. The van der Waals surface area contributed by atoms with Crippen molar-refractivity contribution in [1.29, 1.82) is 10.5 Å². The molecule has 0 aliphatic carbocycles. The van der Waals surface area contributed by atoms with Crippen molar-refractivity contribution in [3.05, 3.63) is 144 Å². The zero-order valence-electron chi connectivity index (χ0n) is 24.8. The number of fused-ring (bicyclic) bond motifs is 3. The molecule has 0 saturated carbocycles. The Hall–Kier alpha value is -6.30. The summed E-state index contributed by atoms with van der Waals surface area (Å²) in [4.78, 5) is 0. The molecule has 0 spiro atoms. The van der Waals surface area contributed by atoms with Gasteiger partial charge in [0.05, 0.1) is 23.3 Å². The number of furan rings is 1. The van der Waals surface area contributed by atoms with Crippen LogP contribution in [0.3, 0.4) is 0 Å². The maximum atomic E-state index is 9.58. The van der Waals surface area contributed by atoms with Gasteiger partial charge in [0, 0.05) is 44.6 Å². The van der Waals surface area contributed by atoms with E-state index in [1.165, 1.54) is 0 Å². The van der Waals surface area contributed by atoms with E-state index in [1.54, 1.807) is 0 Å². The molecule has 7 rings (SSSR count). The van der Waals surface area contributed by atoms with Gasteiger partial charge in [-0.3, -0.25) is 0 Å². The first kappa shape index (κ1) is 27.5. The molecule has 1 aromatic heterocycles. The molecule has 6 aromatic carbocycles. The first-order chi connectivity index (χ1) is 22.0. The lowest BCUT2D eigenvalue weighted by Gasteiger charge is -2.15. The lowest BCUT2D eigenvalue weighted by molar-refractivity contribution is 0.669. The second-order valence-corrected chi connectivity index (χ2v) is 11.1. The van der Waals surface area contributed by atoms with Gasteiger partial charge in [-0.15, -0.1) is 0 Å². The van der Waals surface area contributed by atoms with E-state index in [9.17, 15) is 10.5 Å². The molecule has 2 N–H and O–H groups in total. The summed E-state index contributed by atoms with van der Waals surface area (Å²) in [6, 6.07) is 44.6. The van der Waals surface area contributed by atoms with Gasteiger partial charge in [-0.2, -0.15) is 10.5 Å². The fraction of sp³-hybridized carbons (Fsp3) is 0.0500. The molecule has 0 saturated heterocycles. The van der Waals surface area contributed by atoms with E-state index in [0.29, 0.717) is 11.1 Å². The molecule has 5 heteroatoms. The fourth-order valence-corrected chi connectivity index (χ4v) is 5.87. The Balaban J connectivity index is 1.26. The van der Waals surface area contributed by atoms with Crippen molar-refractivity contribution in [2.24, 2.45) is 0 Å². The van der Waals surface area contributed by atoms with E-state index in [-0.39, 0.29) is 0 Å². The van der Waals surface area contributed by atoms with Crippen LogP contribution in [-0.2, 0) is 0 Å². The second kappa shape index (κ2) is 11.4. The van der Waals surface area contributed by atoms with Crippen LogP contribution in [0, 0.1) is 36.5 Å². The summed E-state index contributed by atoms with van der Waals surface area (Å²) in [5.74, 6) is 0. The third-order valence-corrected chi connectivity index (χ3v) is 8.20. The maximum Gasteiger partial charge on any atom is 0.135 e. The molecule has 0 amide bonds. The minimum Gasteiger partial charge on any atom is -0.456 e. The van der Waals surface area contributed by atoms with E-state index in [1.807, 2.05) is 84.9 Å². The lowest BCUT2D eigenvalue weighted by atomic mass is 9.97. The van der Waals surface area contributed by atoms with Crippen LogP contribution in [0.25, 0.3) is 44.2 Å². The summed E-state index contributed by atoms with van der Waals surface area (Å²) in [6.45, 7) is 4.14. The molecular weight excluding hydrogens is 552 g/mol. The molecule has 0 aliphatic rings. The molecule has 0 fully saturated rings. The van der Waals surface area contributed by atoms with Crippen LogP contribution < -0.4 is 10.6 Å². The maximum absolute atomic E-state index is 9.58. The SMILES string of the molecule is Cc1ccccc1-c1cc(C#N)ccc1Nc1ccc2oc3ccc(Nc4ccccc4-c4cc(C#N)ccc4C)cc3c2c1. The van der Waals surface area contributed by atoms with Gasteiger partial charge in [0.15, 0.2) is 0 Å². The molecule has 214 valence electrons. The van der Waals surface area contributed by atoms with Gasteiger partial charge in [-0.25, -0.2) is 0 Å². The lowest BCUT2D eigenvalue weighted by Crippen LogP contribution is -1.95. The van der Waals surface area contributed by atoms with Gasteiger partial charge >= 0.3 is 0 Å². The normalized spacial score (nSPS) is 10.8. The Kier molecular flexibility index (Phi) is 6.98. The average Bonchev–Trinajstić information content (AvgIpc) is 3.43. The number of nitrogens with zero attached hydrogens (tertiary/aromatic N) is 2. The molecule has 0 atom stereocenters. The molecule has 7 aromatic rings. The van der Waals surface area contributed by atoms with Gasteiger partial charge in [0.2, 0.25) is 0 Å². The molecule has 0 unspecified atom stereocenters. The predicted octanol–water partition coefficient (Wildman–Crippen LogP) is 10.8. The van der Waals surface area contributed by atoms with Crippen LogP contribution in [0.15, 0.2) is 126 Å². The number of benzene rings is 6. The van der Waals surface area contributed by atoms with Crippen molar-refractivity contribution < 1.29 is 4.42 Å². The summed E-state index contributed by atoms with van der Waals surface area (Å²) in [5.41, 5.74) is 12.9. The van der Waals surface area contributed by atoms with E-state index in [0.717, 1.165) is 78.1 Å². The summed E-state index contributed by atoms with van der Waals surface area (Å²) in [7, 11) is 0. The summed E-state index contributed by atoms with van der Waals surface area (Å²) < 4.78 is 6.21. The van der Waals surface area contributed by atoms with Gasteiger partial charge < -0.3 is 15.1 Å². The second-order valence-electron chi connectivity index (χ2n) is 11.1.